The van der Waals surface area contributed by atoms with Crippen LogP contribution in [0.1, 0.15) is 205 Å². The van der Waals surface area contributed by atoms with Crippen molar-refractivity contribution in [2.45, 2.75) is 216 Å². The van der Waals surface area contributed by atoms with Crippen LogP contribution >= 0.6 is 0 Å². The second kappa shape index (κ2) is 25.7. The smallest absolute Gasteiger partial charge is 0.307 e. The zero-order chi connectivity index (χ0) is 52.6. The molecule has 0 bridgehead atoms. The lowest BCUT2D eigenvalue weighted by Crippen LogP contribution is -2.43. The normalized spacial score (nSPS) is 14.5. The number of hydrogen-bond donors (Lipinski definition) is 6. The number of carbonyl (C=O) groups excluding carboxylic acids is 4. The van der Waals surface area contributed by atoms with Gasteiger partial charge in [-0.25, -0.2) is 0 Å². The average molecular weight is 915 g/mol. The fraction of sp³-hybridized carbons (Fsp3) is 0.840. The maximum absolute atomic E-state index is 12.1. The van der Waals surface area contributed by atoms with Crippen LogP contribution in [-0.4, -0.2) is 78.8 Å². The molecule has 0 aliphatic rings. The van der Waals surface area contributed by atoms with Crippen LogP contribution in [0.15, 0.2) is 0 Å². The average Bonchev–Trinajstić information content (AvgIpc) is 2.95. The fourth-order valence-corrected chi connectivity index (χ4v) is 6.28. The molecule has 0 aromatic rings. The van der Waals surface area contributed by atoms with Gasteiger partial charge in [0.2, 0.25) is 11.8 Å². The number of carboxylic acids is 4. The van der Waals surface area contributed by atoms with Crippen molar-refractivity contribution in [3.63, 3.8) is 0 Å². The van der Waals surface area contributed by atoms with Gasteiger partial charge in [-0.2, -0.15) is 0 Å². The van der Waals surface area contributed by atoms with Gasteiger partial charge in [0.05, 0.1) is 24.7 Å². The Bertz CT molecular complexity index is 1420. The third-order valence-corrected chi connectivity index (χ3v) is 9.53. The molecule has 14 heteroatoms. The highest BCUT2D eigenvalue weighted by atomic mass is 16.4. The summed E-state index contributed by atoms with van der Waals surface area (Å²) in [5.74, 6) is -6.06. The first kappa shape index (κ1) is 66.8. The van der Waals surface area contributed by atoms with Gasteiger partial charge in [-0.05, 0) is 74.0 Å². The maximum Gasteiger partial charge on any atom is 0.307 e. The molecule has 14 nitrogen and oxygen atoms in total. The highest BCUT2D eigenvalue weighted by Gasteiger charge is 2.37. The molecule has 0 aromatic heterocycles. The quantitative estimate of drug-likeness (QED) is 0.0954. The lowest BCUT2D eigenvalue weighted by Gasteiger charge is -2.30. The molecule has 0 aliphatic carbocycles. The summed E-state index contributed by atoms with van der Waals surface area (Å²) in [6.45, 7) is 45.7. The lowest BCUT2D eigenvalue weighted by atomic mass is 9.73. The van der Waals surface area contributed by atoms with E-state index in [1.807, 2.05) is 166 Å². The highest BCUT2D eigenvalue weighted by Crippen LogP contribution is 2.35. The summed E-state index contributed by atoms with van der Waals surface area (Å²) in [4.78, 5) is 91.1. The number of hydrogen-bond acceptors (Lipinski definition) is 8. The van der Waals surface area contributed by atoms with Crippen molar-refractivity contribution >= 4 is 47.3 Å². The van der Waals surface area contributed by atoms with Crippen LogP contribution in [-0.2, 0) is 38.4 Å². The summed E-state index contributed by atoms with van der Waals surface area (Å²) in [7, 11) is 0. The predicted molar refractivity (Wildman–Crippen MR) is 255 cm³/mol. The molecule has 4 atom stereocenters. The van der Waals surface area contributed by atoms with Gasteiger partial charge < -0.3 is 31.1 Å². The third-order valence-electron chi connectivity index (χ3n) is 9.53. The van der Waals surface area contributed by atoms with Crippen LogP contribution in [0.5, 0.6) is 0 Å². The first-order valence-corrected chi connectivity index (χ1v) is 22.3. The molecular weight excluding hydrogens is 821 g/mol. The van der Waals surface area contributed by atoms with E-state index in [-0.39, 0.29) is 81.8 Å². The van der Waals surface area contributed by atoms with Gasteiger partial charge in [0.15, 0.2) is 0 Å². The molecule has 6 N–H and O–H groups in total. The molecule has 376 valence electrons. The first-order valence-electron chi connectivity index (χ1n) is 22.3. The Labute approximate surface area is 387 Å². The van der Waals surface area contributed by atoms with Crippen molar-refractivity contribution in [2.75, 3.05) is 0 Å². The molecule has 2 amide bonds. The Balaban J connectivity index is -0.000000375. The summed E-state index contributed by atoms with van der Waals surface area (Å²) < 4.78 is 0. The van der Waals surface area contributed by atoms with Crippen LogP contribution < -0.4 is 10.6 Å². The molecule has 0 fully saturated rings. The molecule has 0 aliphatic heterocycles. The predicted octanol–water partition coefficient (Wildman–Crippen LogP) is 10.3. The van der Waals surface area contributed by atoms with Crippen molar-refractivity contribution < 1.29 is 58.8 Å². The number of nitrogens with one attached hydrogen (secondary N) is 2. The van der Waals surface area contributed by atoms with Gasteiger partial charge in [-0.15, -0.1) is 0 Å². The number of amides is 2. The molecule has 0 radical (unpaired) electrons. The number of rotatable bonds is 14. The Morgan fingerprint density at radius 2 is 0.547 bits per heavy atom. The number of carboxylic acid groups (broad SMARTS) is 4. The highest BCUT2D eigenvalue weighted by molar-refractivity contribution is 5.87. The zero-order valence-corrected chi connectivity index (χ0v) is 44.6. The summed E-state index contributed by atoms with van der Waals surface area (Å²) in [5.41, 5.74) is -2.22. The summed E-state index contributed by atoms with van der Waals surface area (Å²) in [5, 5.41) is 41.4. The molecule has 0 aromatic carbocycles. The topological polar surface area (TPSA) is 242 Å². The van der Waals surface area contributed by atoms with E-state index in [4.69, 9.17) is 20.4 Å². The summed E-state index contributed by atoms with van der Waals surface area (Å²) >= 11 is 0. The Morgan fingerprint density at radius 1 is 0.344 bits per heavy atom. The molecule has 0 spiro atoms. The third kappa shape index (κ3) is 36.5. The van der Waals surface area contributed by atoms with Crippen LogP contribution in [0.2, 0.25) is 0 Å². The monoisotopic (exact) mass is 915 g/mol. The first-order chi connectivity index (χ1) is 27.7. The van der Waals surface area contributed by atoms with E-state index in [1.165, 1.54) is 0 Å². The fourth-order valence-electron chi connectivity index (χ4n) is 6.28. The van der Waals surface area contributed by atoms with E-state index < -0.39 is 58.4 Å². The number of aliphatic carboxylic acids is 4. The van der Waals surface area contributed by atoms with Gasteiger partial charge in [0, 0.05) is 48.6 Å². The van der Waals surface area contributed by atoms with Gasteiger partial charge in [-0.1, -0.05) is 125 Å². The minimum absolute atomic E-state index is 0.0239. The van der Waals surface area contributed by atoms with E-state index in [2.05, 4.69) is 10.6 Å². The molecule has 0 saturated heterocycles. The van der Waals surface area contributed by atoms with Gasteiger partial charge in [-0.3, -0.25) is 38.4 Å². The Kier molecular flexibility index (Phi) is 26.9. The van der Waals surface area contributed by atoms with E-state index in [1.54, 1.807) is 0 Å². The van der Waals surface area contributed by atoms with Gasteiger partial charge in [0.1, 0.15) is 11.6 Å². The van der Waals surface area contributed by atoms with E-state index >= 15 is 0 Å². The number of ketones is 2. The molecule has 0 rings (SSSR count). The van der Waals surface area contributed by atoms with E-state index in [9.17, 15) is 38.4 Å². The van der Waals surface area contributed by atoms with Gasteiger partial charge in [0.25, 0.3) is 0 Å². The molecule has 4 unspecified atom stereocenters. The molecule has 0 heterocycles. The second-order valence-electron chi connectivity index (χ2n) is 26.0. The second-order valence-corrected chi connectivity index (χ2v) is 26.0. The van der Waals surface area contributed by atoms with Gasteiger partial charge >= 0.3 is 23.9 Å². The standard InChI is InChI=1S/2C13H24O3.2C12H23NO3/c2*1-12(2,3)8-10(14)9(7-11(15)16)13(4,5)6;2*1-11(2,3)8(10(15)16)7-9(14)13-12(4,5)6/h2*9H,7-8H2,1-6H3,(H,15,16);2*8H,7H2,1-6H3,(H,13,14)(H,15,16). The van der Waals surface area contributed by atoms with E-state index in [0.717, 1.165) is 0 Å². The lowest BCUT2D eigenvalue weighted by molar-refractivity contribution is -0.148. The van der Waals surface area contributed by atoms with Crippen LogP contribution in [0.25, 0.3) is 0 Å². The SMILES string of the molecule is CC(C)(C)CC(=O)C(CC(=O)O)C(C)(C)C.CC(C)(C)CC(=O)C(CC(=O)O)C(C)(C)C.CC(C)(C)NC(=O)CC(C(=O)O)C(C)(C)C.CC(C)(C)NC(=O)CC(C(=O)O)C(C)(C)C. The largest absolute Gasteiger partial charge is 0.481 e. The van der Waals surface area contributed by atoms with Crippen molar-refractivity contribution in [1.82, 2.24) is 10.6 Å². The number of carbonyl (C=O) groups is 8. The summed E-state index contributed by atoms with van der Waals surface area (Å²) in [6.07, 6.45) is 0.771. The minimum atomic E-state index is -0.920. The number of Topliss-reactive ketones (excluding diaryl/α,β-unsaturated/α-hetero) is 2. The molecule has 0 saturated carbocycles. The van der Waals surface area contributed by atoms with Crippen LogP contribution in [0.3, 0.4) is 0 Å². The van der Waals surface area contributed by atoms with E-state index in [0.29, 0.717) is 12.8 Å². The zero-order valence-electron chi connectivity index (χ0n) is 44.6. The van der Waals surface area contributed by atoms with Crippen molar-refractivity contribution in [1.29, 1.82) is 0 Å². The minimum Gasteiger partial charge on any atom is -0.481 e. The van der Waals surface area contributed by atoms with Crippen molar-refractivity contribution in [3.05, 3.63) is 0 Å². The van der Waals surface area contributed by atoms with Crippen LogP contribution in [0.4, 0.5) is 0 Å². The Morgan fingerprint density at radius 3 is 0.672 bits per heavy atom. The molecular formula is C50H94N2O12. The molecule has 64 heavy (non-hydrogen) atoms. The van der Waals surface area contributed by atoms with Crippen LogP contribution in [0, 0.1) is 56.2 Å². The summed E-state index contributed by atoms with van der Waals surface area (Å²) in [6, 6.07) is 0. The maximum atomic E-state index is 12.1. The Hall–Kier alpha value is -3.84. The van der Waals surface area contributed by atoms with Crippen molar-refractivity contribution in [2.24, 2.45) is 56.2 Å². The van der Waals surface area contributed by atoms with Crippen molar-refractivity contribution in [3.8, 4) is 0 Å².